The first-order valence-electron chi connectivity index (χ1n) is 6.69. The molecule has 0 saturated heterocycles. The number of fused-ring (bicyclic) bond motifs is 2. The zero-order chi connectivity index (χ0) is 14.8. The number of hydrogen-bond acceptors (Lipinski definition) is 1. The molecule has 21 heavy (non-hydrogen) atoms. The third-order valence-electron chi connectivity index (χ3n) is 3.75. The van der Waals surface area contributed by atoms with Crippen LogP contribution in [0.25, 0.3) is 12.2 Å². The van der Waals surface area contributed by atoms with Gasteiger partial charge < -0.3 is 0 Å². The van der Waals surface area contributed by atoms with Crippen molar-refractivity contribution in [3.8, 4) is 24.7 Å². The molecule has 1 aliphatic heterocycles. The van der Waals surface area contributed by atoms with Crippen molar-refractivity contribution < 1.29 is 0 Å². The van der Waals surface area contributed by atoms with E-state index in [0.717, 1.165) is 11.1 Å². The lowest BCUT2D eigenvalue weighted by Crippen LogP contribution is -2.41. The number of benzene rings is 2. The first kappa shape index (κ1) is 13.7. The van der Waals surface area contributed by atoms with Gasteiger partial charge in [-0.2, -0.15) is 0 Å². The SMILES string of the molecule is C#Cc1ccc2c(c1)B(SC)c1cc(C#C)ccc1C=C2. The van der Waals surface area contributed by atoms with E-state index in [1.807, 2.05) is 12.1 Å². The molecule has 1 aliphatic rings. The van der Waals surface area contributed by atoms with Crippen LogP contribution in [0.3, 0.4) is 0 Å². The molecule has 0 amide bonds. The zero-order valence-corrected chi connectivity index (χ0v) is 12.6. The van der Waals surface area contributed by atoms with Gasteiger partial charge in [0.05, 0.1) is 0 Å². The van der Waals surface area contributed by atoms with Crippen LogP contribution in [-0.4, -0.2) is 12.2 Å². The van der Waals surface area contributed by atoms with Crippen molar-refractivity contribution in [1.29, 1.82) is 0 Å². The maximum atomic E-state index is 5.55. The average Bonchev–Trinajstić information content (AvgIpc) is 2.69. The van der Waals surface area contributed by atoms with E-state index >= 15 is 0 Å². The zero-order valence-electron chi connectivity index (χ0n) is 11.8. The highest BCUT2D eigenvalue weighted by molar-refractivity contribution is 8.27. The van der Waals surface area contributed by atoms with Gasteiger partial charge in [0.15, 0.2) is 0 Å². The van der Waals surface area contributed by atoms with E-state index in [0.29, 0.717) is 0 Å². The lowest BCUT2D eigenvalue weighted by Gasteiger charge is -2.15. The van der Waals surface area contributed by atoms with Crippen molar-refractivity contribution in [2.24, 2.45) is 0 Å². The molecule has 0 atom stereocenters. The molecule has 0 spiro atoms. The van der Waals surface area contributed by atoms with Gasteiger partial charge in [-0.3, -0.25) is 0 Å². The number of hydrogen-bond donors (Lipinski definition) is 0. The van der Waals surface area contributed by atoms with Gasteiger partial charge in [0, 0.05) is 11.1 Å². The first-order valence-corrected chi connectivity index (χ1v) is 7.97. The second-order valence-electron chi connectivity index (χ2n) is 4.93. The number of rotatable bonds is 1. The highest BCUT2D eigenvalue weighted by atomic mass is 32.2. The Morgan fingerprint density at radius 3 is 1.71 bits per heavy atom. The summed E-state index contributed by atoms with van der Waals surface area (Å²) >= 11 is 1.81. The minimum Gasteiger partial charge on any atom is -0.200 e. The normalized spacial score (nSPS) is 11.9. The Morgan fingerprint density at radius 1 is 0.857 bits per heavy atom. The van der Waals surface area contributed by atoms with Crippen LogP contribution in [0.15, 0.2) is 36.4 Å². The highest BCUT2D eigenvalue weighted by Crippen LogP contribution is 2.18. The van der Waals surface area contributed by atoms with E-state index in [-0.39, 0.29) is 5.99 Å². The van der Waals surface area contributed by atoms with Gasteiger partial charge in [0.1, 0.15) is 0 Å². The summed E-state index contributed by atoms with van der Waals surface area (Å²) in [7, 11) is 0. The van der Waals surface area contributed by atoms with Gasteiger partial charge in [-0.05, 0) is 29.5 Å². The fourth-order valence-electron chi connectivity index (χ4n) is 2.69. The molecule has 2 aromatic carbocycles. The Hall–Kier alpha value is -2.29. The molecule has 0 unspecified atom stereocenters. The molecular formula is C19H13BS. The Morgan fingerprint density at radius 2 is 1.33 bits per heavy atom. The van der Waals surface area contributed by atoms with Crippen LogP contribution in [0.5, 0.6) is 0 Å². The molecule has 0 bridgehead atoms. The van der Waals surface area contributed by atoms with Crippen LogP contribution in [0.1, 0.15) is 22.3 Å². The van der Waals surface area contributed by atoms with Crippen molar-refractivity contribution in [2.45, 2.75) is 0 Å². The quantitative estimate of drug-likeness (QED) is 0.573. The molecule has 0 radical (unpaired) electrons. The molecule has 0 aliphatic carbocycles. The Kier molecular flexibility index (Phi) is 3.65. The maximum absolute atomic E-state index is 5.55. The summed E-state index contributed by atoms with van der Waals surface area (Å²) in [6.45, 7) is 0. The second kappa shape index (κ2) is 5.61. The average molecular weight is 284 g/mol. The summed E-state index contributed by atoms with van der Waals surface area (Å²) in [6, 6.07) is 12.4. The van der Waals surface area contributed by atoms with Crippen LogP contribution < -0.4 is 10.9 Å². The molecular weight excluding hydrogens is 271 g/mol. The summed E-state index contributed by atoms with van der Waals surface area (Å²) in [5, 5.41) is 0. The maximum Gasteiger partial charge on any atom is 0.275 e. The van der Waals surface area contributed by atoms with Gasteiger partial charge in [-0.1, -0.05) is 59.2 Å². The predicted octanol–water partition coefficient (Wildman–Crippen LogP) is 2.60. The van der Waals surface area contributed by atoms with E-state index in [9.17, 15) is 0 Å². The van der Waals surface area contributed by atoms with Gasteiger partial charge in [0.25, 0.3) is 5.99 Å². The lowest BCUT2D eigenvalue weighted by molar-refractivity contribution is 1.66. The molecule has 3 rings (SSSR count). The summed E-state index contributed by atoms with van der Waals surface area (Å²) in [5.74, 6) is 5.69. The third-order valence-corrected chi connectivity index (χ3v) is 4.73. The summed E-state index contributed by atoms with van der Waals surface area (Å²) in [5.41, 5.74) is 6.76. The molecule has 2 aromatic rings. The predicted molar refractivity (Wildman–Crippen MR) is 96.2 cm³/mol. The molecule has 0 N–H and O–H groups in total. The lowest BCUT2D eigenvalue weighted by atomic mass is 9.59. The molecule has 0 saturated carbocycles. The molecule has 0 nitrogen and oxygen atoms in total. The van der Waals surface area contributed by atoms with Gasteiger partial charge >= 0.3 is 0 Å². The minimum absolute atomic E-state index is 0.242. The van der Waals surface area contributed by atoms with Crippen LogP contribution in [0.4, 0.5) is 0 Å². The monoisotopic (exact) mass is 284 g/mol. The fraction of sp³-hybridized carbons (Fsp3) is 0.0526. The Bertz CT molecular complexity index is 751. The molecule has 0 fully saturated rings. The fourth-order valence-corrected chi connectivity index (χ4v) is 3.60. The third kappa shape index (κ3) is 2.40. The van der Waals surface area contributed by atoms with Crippen LogP contribution in [-0.2, 0) is 0 Å². The standard InChI is InChI=1S/C19H13BS/c1-4-14-6-8-16-10-11-17-9-7-15(5-2)13-19(17)20(21-3)18(16)12-14/h1-2,6-13H,3H3. The van der Waals surface area contributed by atoms with Crippen LogP contribution in [0, 0.1) is 24.7 Å². The van der Waals surface area contributed by atoms with Gasteiger partial charge in [0.2, 0.25) is 0 Å². The Balaban J connectivity index is 2.26. The van der Waals surface area contributed by atoms with Gasteiger partial charge in [-0.25, -0.2) is 11.6 Å². The van der Waals surface area contributed by atoms with Gasteiger partial charge in [-0.15, -0.1) is 12.8 Å². The minimum atomic E-state index is 0.242. The molecule has 2 heteroatoms. The summed E-state index contributed by atoms with van der Waals surface area (Å²) in [4.78, 5) is 0. The van der Waals surface area contributed by atoms with Crippen molar-refractivity contribution in [3.63, 3.8) is 0 Å². The van der Waals surface area contributed by atoms with E-state index in [1.165, 1.54) is 22.1 Å². The van der Waals surface area contributed by atoms with E-state index in [2.05, 4.69) is 54.5 Å². The van der Waals surface area contributed by atoms with Crippen molar-refractivity contribution >= 4 is 40.7 Å². The van der Waals surface area contributed by atoms with Crippen LogP contribution >= 0.6 is 11.6 Å². The summed E-state index contributed by atoms with van der Waals surface area (Å²) in [6.07, 6.45) is 17.5. The van der Waals surface area contributed by atoms with Crippen molar-refractivity contribution in [3.05, 3.63) is 58.7 Å². The topological polar surface area (TPSA) is 0 Å². The van der Waals surface area contributed by atoms with E-state index in [1.54, 1.807) is 11.6 Å². The first-order chi connectivity index (χ1) is 10.3. The second-order valence-corrected chi connectivity index (χ2v) is 5.87. The van der Waals surface area contributed by atoms with E-state index < -0.39 is 0 Å². The highest BCUT2D eigenvalue weighted by Gasteiger charge is 2.25. The van der Waals surface area contributed by atoms with Crippen molar-refractivity contribution in [1.82, 2.24) is 0 Å². The van der Waals surface area contributed by atoms with Crippen LogP contribution in [0.2, 0.25) is 0 Å². The molecule has 0 aromatic heterocycles. The number of terminal acetylenes is 2. The summed E-state index contributed by atoms with van der Waals surface area (Å²) < 4.78 is 0. The Labute approximate surface area is 130 Å². The smallest absolute Gasteiger partial charge is 0.200 e. The molecule has 1 heterocycles. The van der Waals surface area contributed by atoms with E-state index in [4.69, 9.17) is 12.8 Å². The van der Waals surface area contributed by atoms with Crippen molar-refractivity contribution in [2.75, 3.05) is 6.26 Å². The largest absolute Gasteiger partial charge is 0.275 e. The molecule has 98 valence electrons.